The fraction of sp³-hybridized carbons (Fsp3) is 0.500. The van der Waals surface area contributed by atoms with Gasteiger partial charge in [-0.2, -0.15) is 0 Å². The maximum Gasteiger partial charge on any atom is 0.103 e. The number of rotatable bonds is 4. The molecule has 15 heavy (non-hydrogen) atoms. The van der Waals surface area contributed by atoms with Crippen molar-refractivity contribution in [3.63, 3.8) is 0 Å². The summed E-state index contributed by atoms with van der Waals surface area (Å²) in [6.07, 6.45) is 7.49. The second kappa shape index (κ2) is 5.03. The SMILES string of the molecule is NC(CCc1ccco1)C1=COCCC1. The van der Waals surface area contributed by atoms with Crippen LogP contribution in [0.5, 0.6) is 0 Å². The molecule has 82 valence electrons. The zero-order valence-electron chi connectivity index (χ0n) is 8.82. The number of hydrogen-bond acceptors (Lipinski definition) is 3. The van der Waals surface area contributed by atoms with E-state index in [4.69, 9.17) is 14.9 Å². The number of hydrogen-bond donors (Lipinski definition) is 1. The lowest BCUT2D eigenvalue weighted by atomic mass is 9.98. The number of furan rings is 1. The summed E-state index contributed by atoms with van der Waals surface area (Å²) in [7, 11) is 0. The fourth-order valence-electron chi connectivity index (χ4n) is 1.80. The highest BCUT2D eigenvalue weighted by atomic mass is 16.5. The summed E-state index contributed by atoms with van der Waals surface area (Å²) >= 11 is 0. The molecule has 0 amide bonds. The molecular weight excluding hydrogens is 190 g/mol. The lowest BCUT2D eigenvalue weighted by Crippen LogP contribution is -2.25. The van der Waals surface area contributed by atoms with E-state index in [0.29, 0.717) is 0 Å². The Kier molecular flexibility index (Phi) is 3.45. The summed E-state index contributed by atoms with van der Waals surface area (Å²) in [6.45, 7) is 0.828. The molecule has 0 saturated heterocycles. The largest absolute Gasteiger partial charge is 0.501 e. The quantitative estimate of drug-likeness (QED) is 0.823. The minimum atomic E-state index is 0.107. The Bertz CT molecular complexity index is 316. The summed E-state index contributed by atoms with van der Waals surface area (Å²) in [4.78, 5) is 0. The van der Waals surface area contributed by atoms with E-state index in [-0.39, 0.29) is 6.04 Å². The molecule has 0 fully saturated rings. The highest BCUT2D eigenvalue weighted by Gasteiger charge is 2.13. The Labute approximate surface area is 89.9 Å². The van der Waals surface area contributed by atoms with Crippen LogP contribution in [0.15, 0.2) is 34.6 Å². The molecule has 0 spiro atoms. The predicted molar refractivity (Wildman–Crippen MR) is 58.3 cm³/mol. The molecule has 1 unspecified atom stereocenters. The van der Waals surface area contributed by atoms with Crippen molar-refractivity contribution in [3.8, 4) is 0 Å². The van der Waals surface area contributed by atoms with Gasteiger partial charge in [-0.1, -0.05) is 0 Å². The lowest BCUT2D eigenvalue weighted by molar-refractivity contribution is 0.220. The van der Waals surface area contributed by atoms with Crippen LogP contribution < -0.4 is 5.73 Å². The average molecular weight is 207 g/mol. The minimum Gasteiger partial charge on any atom is -0.501 e. The molecule has 0 bridgehead atoms. The molecule has 1 aromatic rings. The summed E-state index contributed by atoms with van der Waals surface area (Å²) < 4.78 is 10.5. The second-order valence-corrected chi connectivity index (χ2v) is 3.89. The van der Waals surface area contributed by atoms with Crippen molar-refractivity contribution in [2.24, 2.45) is 5.73 Å². The first-order chi connectivity index (χ1) is 7.36. The van der Waals surface area contributed by atoms with Crippen LogP contribution in [0.2, 0.25) is 0 Å². The number of ether oxygens (including phenoxy) is 1. The van der Waals surface area contributed by atoms with E-state index in [9.17, 15) is 0 Å². The fourth-order valence-corrected chi connectivity index (χ4v) is 1.80. The van der Waals surface area contributed by atoms with Crippen LogP contribution in [0.3, 0.4) is 0 Å². The zero-order chi connectivity index (χ0) is 10.5. The monoisotopic (exact) mass is 207 g/mol. The summed E-state index contributed by atoms with van der Waals surface area (Å²) in [5.74, 6) is 1.00. The Hall–Kier alpha value is -1.22. The summed E-state index contributed by atoms with van der Waals surface area (Å²) in [6, 6.07) is 4.00. The number of aryl methyl sites for hydroxylation is 1. The van der Waals surface area contributed by atoms with Crippen molar-refractivity contribution in [2.45, 2.75) is 31.7 Å². The van der Waals surface area contributed by atoms with Crippen LogP contribution in [0.1, 0.15) is 25.0 Å². The molecule has 0 aliphatic carbocycles. The van der Waals surface area contributed by atoms with E-state index in [1.165, 1.54) is 5.57 Å². The number of nitrogens with two attached hydrogens (primary N) is 1. The third-order valence-electron chi connectivity index (χ3n) is 2.72. The summed E-state index contributed by atoms with van der Waals surface area (Å²) in [5.41, 5.74) is 7.30. The molecule has 2 rings (SSSR count). The summed E-state index contributed by atoms with van der Waals surface area (Å²) in [5, 5.41) is 0. The highest BCUT2D eigenvalue weighted by Crippen LogP contribution is 2.17. The molecule has 0 radical (unpaired) electrons. The van der Waals surface area contributed by atoms with Crippen LogP contribution in [-0.2, 0) is 11.2 Å². The molecule has 0 aromatic carbocycles. The molecule has 1 aromatic heterocycles. The Morgan fingerprint density at radius 3 is 3.07 bits per heavy atom. The molecule has 3 heteroatoms. The van der Waals surface area contributed by atoms with Gasteiger partial charge in [0.2, 0.25) is 0 Å². The maximum atomic E-state index is 6.08. The van der Waals surface area contributed by atoms with Crippen molar-refractivity contribution >= 4 is 0 Å². The van der Waals surface area contributed by atoms with E-state index in [1.54, 1.807) is 6.26 Å². The molecular formula is C12H17NO2. The van der Waals surface area contributed by atoms with Gasteiger partial charge in [0.1, 0.15) is 5.76 Å². The van der Waals surface area contributed by atoms with Gasteiger partial charge in [-0.05, 0) is 37.0 Å². The maximum absolute atomic E-state index is 6.08. The molecule has 0 saturated carbocycles. The van der Waals surface area contributed by atoms with Gasteiger partial charge in [0.05, 0.1) is 19.1 Å². The van der Waals surface area contributed by atoms with E-state index in [1.807, 2.05) is 18.4 Å². The first kappa shape index (κ1) is 10.3. The van der Waals surface area contributed by atoms with Crippen LogP contribution in [0, 0.1) is 0 Å². The zero-order valence-corrected chi connectivity index (χ0v) is 8.82. The highest BCUT2D eigenvalue weighted by molar-refractivity contribution is 5.10. The Morgan fingerprint density at radius 1 is 1.47 bits per heavy atom. The molecule has 3 nitrogen and oxygen atoms in total. The third kappa shape index (κ3) is 2.86. The Balaban J connectivity index is 1.81. The average Bonchev–Trinajstić information content (AvgIpc) is 2.80. The van der Waals surface area contributed by atoms with Crippen molar-refractivity contribution in [3.05, 3.63) is 36.0 Å². The normalized spacial score (nSPS) is 18.1. The first-order valence-corrected chi connectivity index (χ1v) is 5.45. The van der Waals surface area contributed by atoms with Crippen molar-refractivity contribution in [1.82, 2.24) is 0 Å². The first-order valence-electron chi connectivity index (χ1n) is 5.45. The lowest BCUT2D eigenvalue weighted by Gasteiger charge is -2.19. The van der Waals surface area contributed by atoms with E-state index < -0.39 is 0 Å². The van der Waals surface area contributed by atoms with Gasteiger partial charge < -0.3 is 14.9 Å². The molecule has 2 N–H and O–H groups in total. The standard InChI is InChI=1S/C12H17NO2/c13-12(10-3-1-7-14-9-10)6-5-11-4-2-8-15-11/h2,4,8-9,12H,1,3,5-7,13H2. The van der Waals surface area contributed by atoms with Gasteiger partial charge in [0.25, 0.3) is 0 Å². The van der Waals surface area contributed by atoms with Gasteiger partial charge in [-0.15, -0.1) is 0 Å². The smallest absolute Gasteiger partial charge is 0.103 e. The molecule has 1 aliphatic heterocycles. The van der Waals surface area contributed by atoms with Crippen LogP contribution in [-0.4, -0.2) is 12.6 Å². The van der Waals surface area contributed by atoms with Gasteiger partial charge in [0, 0.05) is 12.5 Å². The van der Waals surface area contributed by atoms with Crippen LogP contribution in [0.25, 0.3) is 0 Å². The van der Waals surface area contributed by atoms with E-state index >= 15 is 0 Å². The van der Waals surface area contributed by atoms with Gasteiger partial charge >= 0.3 is 0 Å². The Morgan fingerprint density at radius 2 is 2.40 bits per heavy atom. The van der Waals surface area contributed by atoms with Crippen molar-refractivity contribution < 1.29 is 9.15 Å². The predicted octanol–water partition coefficient (Wildman–Crippen LogP) is 2.23. The van der Waals surface area contributed by atoms with Gasteiger partial charge in [-0.25, -0.2) is 0 Å². The van der Waals surface area contributed by atoms with E-state index in [0.717, 1.165) is 38.1 Å². The van der Waals surface area contributed by atoms with Crippen LogP contribution in [0.4, 0.5) is 0 Å². The third-order valence-corrected chi connectivity index (χ3v) is 2.72. The van der Waals surface area contributed by atoms with Crippen molar-refractivity contribution in [2.75, 3.05) is 6.61 Å². The van der Waals surface area contributed by atoms with Crippen molar-refractivity contribution in [1.29, 1.82) is 0 Å². The van der Waals surface area contributed by atoms with E-state index in [2.05, 4.69) is 0 Å². The van der Waals surface area contributed by atoms with Crippen LogP contribution >= 0.6 is 0 Å². The second-order valence-electron chi connectivity index (χ2n) is 3.89. The topological polar surface area (TPSA) is 48.4 Å². The molecule has 1 aliphatic rings. The molecule has 2 heterocycles. The van der Waals surface area contributed by atoms with Gasteiger partial charge in [-0.3, -0.25) is 0 Å². The van der Waals surface area contributed by atoms with Gasteiger partial charge in [0.15, 0.2) is 0 Å². The molecule has 1 atom stereocenters. The minimum absolute atomic E-state index is 0.107.